The number of ether oxygens (including phenoxy) is 1. The number of amides is 2. The number of hydrogen-bond donors (Lipinski definition) is 3. The highest BCUT2D eigenvalue weighted by Crippen LogP contribution is 2.27. The molecule has 1 heterocycles. The van der Waals surface area contributed by atoms with E-state index < -0.39 is 17.9 Å². The summed E-state index contributed by atoms with van der Waals surface area (Å²) in [5.41, 5.74) is 0.271. The van der Waals surface area contributed by atoms with Crippen LogP contribution in [0.25, 0.3) is 0 Å². The predicted molar refractivity (Wildman–Crippen MR) is 88.0 cm³/mol. The Labute approximate surface area is 143 Å². The fraction of sp³-hybridized carbons (Fsp3) is 0.250. The Balaban J connectivity index is 1.93. The summed E-state index contributed by atoms with van der Waals surface area (Å²) < 4.78 is 10.3. The molecule has 0 aliphatic rings. The van der Waals surface area contributed by atoms with Gasteiger partial charge in [-0.25, -0.2) is 0 Å². The molecule has 0 aliphatic heterocycles. The number of aliphatic hydroxyl groups is 1. The second kappa shape index (κ2) is 7.85. The van der Waals surface area contributed by atoms with Crippen LogP contribution in [0.3, 0.4) is 0 Å². The number of hydrogen-bond acceptors (Lipinski definition) is 5. The Morgan fingerprint density at radius 3 is 2.67 bits per heavy atom. The Morgan fingerprint density at radius 2 is 2.04 bits per heavy atom. The molecule has 0 radical (unpaired) electrons. The number of carbonyl (C=O) groups is 2. The number of rotatable bonds is 5. The Hall–Kier alpha value is -2.51. The molecule has 0 unspecified atom stereocenters. The van der Waals surface area contributed by atoms with Crippen LogP contribution in [-0.2, 0) is 9.59 Å². The summed E-state index contributed by atoms with van der Waals surface area (Å²) in [6.45, 7) is 1.58. The van der Waals surface area contributed by atoms with Crippen LogP contribution in [0, 0.1) is 6.92 Å². The number of nitrogens with one attached hydrogen (secondary N) is 2. The fourth-order valence-corrected chi connectivity index (χ4v) is 2.13. The number of aliphatic hydroxyl groups excluding tert-OH is 1. The number of halogens is 1. The molecule has 0 saturated heterocycles. The van der Waals surface area contributed by atoms with Crippen molar-refractivity contribution in [1.82, 2.24) is 5.32 Å². The zero-order valence-corrected chi connectivity index (χ0v) is 13.9. The van der Waals surface area contributed by atoms with Crippen molar-refractivity contribution >= 4 is 29.1 Å². The maximum atomic E-state index is 11.9. The van der Waals surface area contributed by atoms with Crippen molar-refractivity contribution in [3.63, 3.8) is 0 Å². The van der Waals surface area contributed by atoms with E-state index in [0.717, 1.165) is 0 Å². The van der Waals surface area contributed by atoms with Gasteiger partial charge in [-0.15, -0.1) is 0 Å². The molecule has 1 aromatic heterocycles. The van der Waals surface area contributed by atoms with E-state index in [0.29, 0.717) is 22.3 Å². The summed E-state index contributed by atoms with van der Waals surface area (Å²) in [6, 6.07) is 7.92. The van der Waals surface area contributed by atoms with E-state index in [1.807, 2.05) is 0 Å². The standard InChI is InChI=1S/C16H17ClN2O5/c1-9-3-5-14(24-9)12(20)8-18-15(21)16(22)19-11-7-10(17)4-6-13(11)23-2/h3-7,12,20H,8H2,1-2H3,(H,18,21)(H,19,22)/t12-/m0/s1. The number of methoxy groups -OCH3 is 1. The van der Waals surface area contributed by atoms with Gasteiger partial charge in [-0.3, -0.25) is 9.59 Å². The van der Waals surface area contributed by atoms with E-state index >= 15 is 0 Å². The first-order chi connectivity index (χ1) is 11.4. The lowest BCUT2D eigenvalue weighted by molar-refractivity contribution is -0.136. The Bertz CT molecular complexity index is 744. The second-order valence-corrected chi connectivity index (χ2v) is 5.41. The van der Waals surface area contributed by atoms with Gasteiger partial charge in [0, 0.05) is 5.02 Å². The number of benzene rings is 1. The molecule has 128 valence electrons. The average molecular weight is 353 g/mol. The van der Waals surface area contributed by atoms with Gasteiger partial charge in [-0.05, 0) is 37.3 Å². The van der Waals surface area contributed by atoms with E-state index in [9.17, 15) is 14.7 Å². The van der Waals surface area contributed by atoms with Crippen molar-refractivity contribution in [3.05, 3.63) is 46.9 Å². The number of furan rings is 1. The van der Waals surface area contributed by atoms with E-state index in [1.165, 1.54) is 13.2 Å². The number of anilines is 1. The molecule has 2 amide bonds. The SMILES string of the molecule is COc1ccc(Cl)cc1NC(=O)C(=O)NC[C@H](O)c1ccc(C)o1. The minimum atomic E-state index is -1.05. The largest absolute Gasteiger partial charge is 0.495 e. The predicted octanol–water partition coefficient (Wildman–Crippen LogP) is 2.04. The van der Waals surface area contributed by atoms with Gasteiger partial charge >= 0.3 is 11.8 Å². The van der Waals surface area contributed by atoms with E-state index in [1.54, 1.807) is 31.2 Å². The van der Waals surface area contributed by atoms with Gasteiger partial charge in [0.2, 0.25) is 0 Å². The number of aryl methyl sites for hydroxylation is 1. The smallest absolute Gasteiger partial charge is 0.313 e. The van der Waals surface area contributed by atoms with Gasteiger partial charge in [0.1, 0.15) is 23.4 Å². The van der Waals surface area contributed by atoms with Crippen LogP contribution in [0.2, 0.25) is 5.02 Å². The van der Waals surface area contributed by atoms with Gasteiger partial charge in [-0.1, -0.05) is 11.6 Å². The highest BCUT2D eigenvalue weighted by Gasteiger charge is 2.19. The molecule has 8 heteroatoms. The van der Waals surface area contributed by atoms with E-state index in [4.69, 9.17) is 20.8 Å². The van der Waals surface area contributed by atoms with Crippen LogP contribution >= 0.6 is 11.6 Å². The minimum absolute atomic E-state index is 0.161. The highest BCUT2D eigenvalue weighted by molar-refractivity contribution is 6.40. The first-order valence-corrected chi connectivity index (χ1v) is 7.45. The molecule has 0 saturated carbocycles. The van der Waals surface area contributed by atoms with Crippen molar-refractivity contribution < 1.29 is 23.8 Å². The molecule has 1 aromatic carbocycles. The van der Waals surface area contributed by atoms with Crippen LogP contribution in [0.5, 0.6) is 5.75 Å². The highest BCUT2D eigenvalue weighted by atomic mass is 35.5. The molecule has 0 aliphatic carbocycles. The minimum Gasteiger partial charge on any atom is -0.495 e. The Morgan fingerprint density at radius 1 is 1.29 bits per heavy atom. The zero-order valence-electron chi connectivity index (χ0n) is 13.1. The summed E-state index contributed by atoms with van der Waals surface area (Å²) in [7, 11) is 1.43. The molecule has 0 bridgehead atoms. The lowest BCUT2D eigenvalue weighted by Gasteiger charge is -2.12. The van der Waals surface area contributed by atoms with E-state index in [2.05, 4.69) is 10.6 Å². The monoisotopic (exact) mass is 352 g/mol. The normalized spacial score (nSPS) is 11.7. The molecule has 3 N–H and O–H groups in total. The number of carbonyl (C=O) groups excluding carboxylic acids is 2. The summed E-state index contributed by atoms with van der Waals surface area (Å²) in [5.74, 6) is -0.490. The fourth-order valence-electron chi connectivity index (χ4n) is 1.96. The van der Waals surface area contributed by atoms with Gasteiger partial charge in [0.15, 0.2) is 0 Å². The third kappa shape index (κ3) is 4.50. The summed E-state index contributed by atoms with van der Waals surface area (Å²) >= 11 is 5.86. The van der Waals surface area contributed by atoms with Crippen molar-refractivity contribution in [2.45, 2.75) is 13.0 Å². The molecule has 1 atom stereocenters. The maximum Gasteiger partial charge on any atom is 0.313 e. The van der Waals surface area contributed by atoms with Gasteiger partial charge < -0.3 is 24.9 Å². The van der Waals surface area contributed by atoms with Crippen LogP contribution in [0.4, 0.5) is 5.69 Å². The zero-order chi connectivity index (χ0) is 17.7. The summed E-state index contributed by atoms with van der Waals surface area (Å²) in [4.78, 5) is 23.8. The van der Waals surface area contributed by atoms with Crippen molar-refractivity contribution in [2.24, 2.45) is 0 Å². The first kappa shape index (κ1) is 17.8. The lowest BCUT2D eigenvalue weighted by atomic mass is 10.2. The van der Waals surface area contributed by atoms with Crippen LogP contribution < -0.4 is 15.4 Å². The average Bonchev–Trinajstić information content (AvgIpc) is 2.99. The van der Waals surface area contributed by atoms with E-state index in [-0.39, 0.29) is 12.2 Å². The molecule has 7 nitrogen and oxygen atoms in total. The third-order valence-electron chi connectivity index (χ3n) is 3.16. The topological polar surface area (TPSA) is 101 Å². The molecule has 0 fully saturated rings. The van der Waals surface area contributed by atoms with Gasteiger partial charge in [0.25, 0.3) is 0 Å². The van der Waals surface area contributed by atoms with Crippen LogP contribution in [-0.4, -0.2) is 30.6 Å². The summed E-state index contributed by atoms with van der Waals surface area (Å²) in [6.07, 6.45) is -1.05. The first-order valence-electron chi connectivity index (χ1n) is 7.08. The van der Waals surface area contributed by atoms with Crippen LogP contribution in [0.1, 0.15) is 17.6 Å². The molecular formula is C16H17ClN2O5. The molecule has 24 heavy (non-hydrogen) atoms. The van der Waals surface area contributed by atoms with Gasteiger partial charge in [0.05, 0.1) is 19.3 Å². The summed E-state index contributed by atoms with van der Waals surface area (Å²) in [5, 5.41) is 15.0. The second-order valence-electron chi connectivity index (χ2n) is 4.97. The maximum absolute atomic E-state index is 11.9. The molecule has 2 rings (SSSR count). The molecule has 2 aromatic rings. The van der Waals surface area contributed by atoms with Gasteiger partial charge in [-0.2, -0.15) is 0 Å². The van der Waals surface area contributed by atoms with Crippen molar-refractivity contribution in [2.75, 3.05) is 19.0 Å². The third-order valence-corrected chi connectivity index (χ3v) is 3.40. The quantitative estimate of drug-likeness (QED) is 0.715. The van der Waals surface area contributed by atoms with Crippen molar-refractivity contribution in [1.29, 1.82) is 0 Å². The molecular weight excluding hydrogens is 336 g/mol. The van der Waals surface area contributed by atoms with Crippen LogP contribution in [0.15, 0.2) is 34.7 Å². The Kier molecular flexibility index (Phi) is 5.83. The molecule has 0 spiro atoms. The lowest BCUT2D eigenvalue weighted by Crippen LogP contribution is -2.37. The van der Waals surface area contributed by atoms with Crippen molar-refractivity contribution in [3.8, 4) is 5.75 Å².